The van der Waals surface area contributed by atoms with Gasteiger partial charge >= 0.3 is 0 Å². The summed E-state index contributed by atoms with van der Waals surface area (Å²) >= 11 is 5.86. The number of anilines is 1. The van der Waals surface area contributed by atoms with Gasteiger partial charge in [0.2, 0.25) is 0 Å². The Morgan fingerprint density at radius 3 is 2.94 bits per heavy atom. The molecule has 1 atom stereocenters. The van der Waals surface area contributed by atoms with Crippen LogP contribution in [0.2, 0.25) is 5.15 Å². The van der Waals surface area contributed by atoms with Crippen LogP contribution in [0.1, 0.15) is 6.42 Å². The van der Waals surface area contributed by atoms with Gasteiger partial charge in [-0.05, 0) is 12.3 Å². The molecular weight excluding hydrogens is 278 g/mol. The van der Waals surface area contributed by atoms with E-state index in [1.165, 1.54) is 13.4 Å². The summed E-state index contributed by atoms with van der Waals surface area (Å²) in [5, 5.41) is 3.29. The number of aromatic nitrogens is 2. The van der Waals surface area contributed by atoms with Crippen molar-refractivity contribution in [1.29, 1.82) is 0 Å². The summed E-state index contributed by atoms with van der Waals surface area (Å²) in [6.07, 6.45) is 2.01. The quantitative estimate of drug-likeness (QED) is 0.833. The topological polar surface area (TPSA) is 81.2 Å². The van der Waals surface area contributed by atoms with Crippen LogP contribution in [0.3, 0.4) is 0 Å². The van der Waals surface area contributed by atoms with Crippen LogP contribution in [0, 0.1) is 5.92 Å². The molecule has 1 N–H and O–H groups in total. The Morgan fingerprint density at radius 2 is 2.33 bits per heavy atom. The first-order valence-corrected chi connectivity index (χ1v) is 7.70. The maximum Gasteiger partial charge on any atom is 0.198 e. The van der Waals surface area contributed by atoms with Crippen molar-refractivity contribution in [2.75, 3.05) is 30.5 Å². The van der Waals surface area contributed by atoms with Gasteiger partial charge in [-0.15, -0.1) is 0 Å². The van der Waals surface area contributed by atoms with Gasteiger partial charge in [-0.3, -0.25) is 0 Å². The predicted octanol–water partition coefficient (Wildman–Crippen LogP) is 0.985. The summed E-state index contributed by atoms with van der Waals surface area (Å²) in [5.74, 6) is 1.46. The Kier molecular flexibility index (Phi) is 3.91. The SMILES string of the molecule is COc1c(Cl)ncnc1NCC1CCS(=O)(=O)C1. The van der Waals surface area contributed by atoms with Gasteiger partial charge in [0.25, 0.3) is 0 Å². The monoisotopic (exact) mass is 291 g/mol. The zero-order valence-electron chi connectivity index (χ0n) is 9.89. The van der Waals surface area contributed by atoms with E-state index in [1.54, 1.807) is 0 Å². The molecule has 0 radical (unpaired) electrons. The predicted molar refractivity (Wildman–Crippen MR) is 68.8 cm³/mol. The molecule has 0 amide bonds. The molecule has 1 aliphatic rings. The van der Waals surface area contributed by atoms with Crippen LogP contribution >= 0.6 is 11.6 Å². The molecule has 1 aromatic heterocycles. The van der Waals surface area contributed by atoms with Gasteiger partial charge in [-0.25, -0.2) is 18.4 Å². The van der Waals surface area contributed by atoms with Gasteiger partial charge in [0.05, 0.1) is 18.6 Å². The van der Waals surface area contributed by atoms with E-state index in [1.807, 2.05) is 0 Å². The van der Waals surface area contributed by atoms with Crippen molar-refractivity contribution in [3.8, 4) is 5.75 Å². The fourth-order valence-electron chi connectivity index (χ4n) is 1.93. The van der Waals surface area contributed by atoms with Crippen LogP contribution in [0.5, 0.6) is 5.75 Å². The number of sulfone groups is 1. The summed E-state index contributed by atoms with van der Waals surface area (Å²) in [6.45, 7) is 0.531. The maximum atomic E-state index is 11.3. The largest absolute Gasteiger partial charge is 0.490 e. The molecule has 0 spiro atoms. The number of rotatable bonds is 4. The molecule has 1 unspecified atom stereocenters. The Balaban J connectivity index is 2.01. The maximum absolute atomic E-state index is 11.3. The van der Waals surface area contributed by atoms with E-state index in [4.69, 9.17) is 16.3 Å². The van der Waals surface area contributed by atoms with E-state index in [9.17, 15) is 8.42 Å². The highest BCUT2D eigenvalue weighted by Gasteiger charge is 2.27. The van der Waals surface area contributed by atoms with E-state index in [0.29, 0.717) is 24.5 Å². The van der Waals surface area contributed by atoms with Crippen LogP contribution < -0.4 is 10.1 Å². The van der Waals surface area contributed by atoms with E-state index in [-0.39, 0.29) is 22.6 Å². The lowest BCUT2D eigenvalue weighted by Gasteiger charge is -2.13. The number of hydrogen-bond donors (Lipinski definition) is 1. The van der Waals surface area contributed by atoms with Gasteiger partial charge < -0.3 is 10.1 Å². The van der Waals surface area contributed by atoms with Crippen molar-refractivity contribution < 1.29 is 13.2 Å². The highest BCUT2D eigenvalue weighted by Crippen LogP contribution is 2.29. The molecule has 1 saturated heterocycles. The van der Waals surface area contributed by atoms with E-state index in [0.717, 1.165) is 0 Å². The molecule has 0 bridgehead atoms. The molecule has 0 aromatic carbocycles. The summed E-state index contributed by atoms with van der Waals surface area (Å²) in [4.78, 5) is 7.83. The molecule has 1 aliphatic heterocycles. The molecule has 0 saturated carbocycles. The fraction of sp³-hybridized carbons (Fsp3) is 0.600. The lowest BCUT2D eigenvalue weighted by Crippen LogP contribution is -2.16. The third-order valence-corrected chi connectivity index (χ3v) is 4.96. The zero-order chi connectivity index (χ0) is 13.2. The van der Waals surface area contributed by atoms with Crippen LogP contribution in [0.15, 0.2) is 6.33 Å². The second kappa shape index (κ2) is 5.27. The van der Waals surface area contributed by atoms with Gasteiger partial charge in [-0.1, -0.05) is 11.6 Å². The molecule has 1 fully saturated rings. The lowest BCUT2D eigenvalue weighted by atomic mass is 10.1. The molecule has 2 rings (SSSR count). The molecule has 18 heavy (non-hydrogen) atoms. The molecule has 6 nitrogen and oxygen atoms in total. The summed E-state index contributed by atoms with van der Waals surface area (Å²) in [6, 6.07) is 0. The Labute approximate surface area is 111 Å². The molecular formula is C10H14ClN3O3S. The normalized spacial score (nSPS) is 21.8. The van der Waals surface area contributed by atoms with Crippen LogP contribution in [-0.2, 0) is 9.84 Å². The average Bonchev–Trinajstić information content (AvgIpc) is 2.66. The van der Waals surface area contributed by atoms with Gasteiger partial charge in [-0.2, -0.15) is 0 Å². The second-order valence-corrected chi connectivity index (χ2v) is 6.78. The highest BCUT2D eigenvalue weighted by molar-refractivity contribution is 7.91. The lowest BCUT2D eigenvalue weighted by molar-refractivity contribution is 0.412. The third-order valence-electron chi connectivity index (χ3n) is 2.85. The zero-order valence-corrected chi connectivity index (χ0v) is 11.5. The van der Waals surface area contributed by atoms with Crippen molar-refractivity contribution in [3.63, 3.8) is 0 Å². The minimum atomic E-state index is -2.85. The smallest absolute Gasteiger partial charge is 0.198 e. The van der Waals surface area contributed by atoms with Crippen LogP contribution in [-0.4, -0.2) is 43.5 Å². The van der Waals surface area contributed by atoms with Crippen LogP contribution in [0.25, 0.3) is 0 Å². The molecule has 1 aromatic rings. The van der Waals surface area contributed by atoms with Crippen molar-refractivity contribution in [2.45, 2.75) is 6.42 Å². The number of methoxy groups -OCH3 is 1. The van der Waals surface area contributed by atoms with E-state index in [2.05, 4.69) is 15.3 Å². The standard InChI is InChI=1S/C10H14ClN3O3S/c1-17-8-9(11)13-6-14-10(8)12-4-7-2-3-18(15,16)5-7/h6-7H,2-5H2,1H3,(H,12,13,14). The first kappa shape index (κ1) is 13.4. The van der Waals surface area contributed by atoms with Crippen molar-refractivity contribution >= 4 is 27.3 Å². The average molecular weight is 292 g/mol. The third kappa shape index (κ3) is 3.02. The number of nitrogens with one attached hydrogen (secondary N) is 1. The van der Waals surface area contributed by atoms with Crippen LogP contribution in [0.4, 0.5) is 5.82 Å². The van der Waals surface area contributed by atoms with E-state index >= 15 is 0 Å². The Morgan fingerprint density at radius 1 is 1.56 bits per heavy atom. The number of hydrogen-bond acceptors (Lipinski definition) is 6. The number of ether oxygens (including phenoxy) is 1. The molecule has 0 aliphatic carbocycles. The van der Waals surface area contributed by atoms with Gasteiger partial charge in [0, 0.05) is 6.54 Å². The van der Waals surface area contributed by atoms with Gasteiger partial charge in [0.15, 0.2) is 26.6 Å². The number of halogens is 1. The van der Waals surface area contributed by atoms with Gasteiger partial charge in [0.1, 0.15) is 6.33 Å². The summed E-state index contributed by atoms with van der Waals surface area (Å²) < 4.78 is 27.8. The highest BCUT2D eigenvalue weighted by atomic mass is 35.5. The summed E-state index contributed by atoms with van der Waals surface area (Å²) in [7, 11) is -1.37. The Bertz CT molecular complexity index is 535. The van der Waals surface area contributed by atoms with E-state index < -0.39 is 9.84 Å². The molecule has 2 heterocycles. The molecule has 8 heteroatoms. The number of nitrogens with zero attached hydrogens (tertiary/aromatic N) is 2. The first-order valence-electron chi connectivity index (χ1n) is 5.50. The fourth-order valence-corrected chi connectivity index (χ4v) is 4.01. The minimum absolute atomic E-state index is 0.105. The second-order valence-electron chi connectivity index (χ2n) is 4.20. The van der Waals surface area contributed by atoms with Crippen molar-refractivity contribution in [1.82, 2.24) is 9.97 Å². The van der Waals surface area contributed by atoms with Crippen molar-refractivity contribution in [2.24, 2.45) is 5.92 Å². The minimum Gasteiger partial charge on any atom is -0.490 e. The summed E-state index contributed by atoms with van der Waals surface area (Å²) in [5.41, 5.74) is 0. The molecule has 100 valence electrons. The Hall–Kier alpha value is -1.08. The van der Waals surface area contributed by atoms with Crippen molar-refractivity contribution in [3.05, 3.63) is 11.5 Å². The first-order chi connectivity index (χ1) is 8.52.